The van der Waals surface area contributed by atoms with E-state index in [1.807, 2.05) is 0 Å². The Morgan fingerprint density at radius 2 is 1.83 bits per heavy atom. The van der Waals surface area contributed by atoms with Crippen molar-refractivity contribution in [1.29, 1.82) is 0 Å². The summed E-state index contributed by atoms with van der Waals surface area (Å²) in [4.78, 5) is 0. The van der Waals surface area contributed by atoms with E-state index < -0.39 is 12.2 Å². The molecule has 0 radical (unpaired) electrons. The van der Waals surface area contributed by atoms with Crippen molar-refractivity contribution in [1.82, 2.24) is 0 Å². The Morgan fingerprint density at radius 1 is 1.09 bits per heavy atom. The van der Waals surface area contributed by atoms with E-state index in [0.717, 1.165) is 6.07 Å². The lowest BCUT2D eigenvalue weighted by molar-refractivity contribution is -0.274. The highest BCUT2D eigenvalue weighted by Crippen LogP contribution is 2.26. The number of hydrogen-bond donors (Lipinski definition) is 2. The highest BCUT2D eigenvalue weighted by molar-refractivity contribution is 9.10. The van der Waals surface area contributed by atoms with E-state index in [1.54, 1.807) is 0 Å². The summed E-state index contributed by atoms with van der Waals surface area (Å²) in [6, 6.07) is 9.20. The highest BCUT2D eigenvalue weighted by Gasteiger charge is 2.31. The maximum absolute atomic E-state index is 13.0. The average Bonchev–Trinajstić information content (AvgIpc) is 2.40. The van der Waals surface area contributed by atoms with E-state index in [1.165, 1.54) is 36.4 Å². The van der Waals surface area contributed by atoms with Gasteiger partial charge < -0.3 is 15.4 Å². The molecular formula is C14H9BrF4N2OS. The molecule has 2 rings (SSSR count). The van der Waals surface area contributed by atoms with Crippen LogP contribution < -0.4 is 15.4 Å². The van der Waals surface area contributed by atoms with Crippen LogP contribution in [0.5, 0.6) is 5.75 Å². The van der Waals surface area contributed by atoms with Gasteiger partial charge >= 0.3 is 6.36 Å². The lowest BCUT2D eigenvalue weighted by atomic mass is 10.3. The van der Waals surface area contributed by atoms with Crippen LogP contribution in [0.15, 0.2) is 46.9 Å². The third-order valence-electron chi connectivity index (χ3n) is 2.50. The van der Waals surface area contributed by atoms with Gasteiger partial charge in [-0.2, -0.15) is 0 Å². The predicted octanol–water partition coefficient (Wildman–Crippen LogP) is 5.30. The fraction of sp³-hybridized carbons (Fsp3) is 0.0714. The van der Waals surface area contributed by atoms with Crippen molar-refractivity contribution < 1.29 is 22.3 Å². The van der Waals surface area contributed by atoms with Gasteiger partial charge in [0.2, 0.25) is 0 Å². The van der Waals surface area contributed by atoms with E-state index in [2.05, 4.69) is 31.3 Å². The molecule has 0 saturated heterocycles. The first-order valence-corrected chi connectivity index (χ1v) is 7.32. The second-order valence-corrected chi connectivity index (χ2v) is 5.54. The molecule has 0 unspecified atom stereocenters. The molecule has 2 aromatic rings. The molecular weight excluding hydrogens is 400 g/mol. The molecule has 2 aromatic carbocycles. The molecule has 0 bridgehead atoms. The number of rotatable bonds is 3. The Hall–Kier alpha value is -1.87. The van der Waals surface area contributed by atoms with Gasteiger partial charge in [0, 0.05) is 16.2 Å². The molecule has 23 heavy (non-hydrogen) atoms. The van der Waals surface area contributed by atoms with Gasteiger partial charge in [-0.15, -0.1) is 13.2 Å². The van der Waals surface area contributed by atoms with Crippen molar-refractivity contribution >= 4 is 44.6 Å². The first-order valence-electron chi connectivity index (χ1n) is 6.12. The molecule has 0 spiro atoms. The first kappa shape index (κ1) is 17.5. The largest absolute Gasteiger partial charge is 0.573 e. The second-order valence-electron chi connectivity index (χ2n) is 4.28. The minimum atomic E-state index is -4.77. The fourth-order valence-electron chi connectivity index (χ4n) is 1.65. The van der Waals surface area contributed by atoms with Crippen molar-refractivity contribution in [3.63, 3.8) is 0 Å². The third kappa shape index (κ3) is 5.68. The lowest BCUT2D eigenvalue weighted by Crippen LogP contribution is -2.20. The molecule has 0 aliphatic rings. The van der Waals surface area contributed by atoms with Crippen LogP contribution in [0.1, 0.15) is 0 Å². The summed E-state index contributed by atoms with van der Waals surface area (Å²) in [6.07, 6.45) is -4.77. The van der Waals surface area contributed by atoms with Crippen LogP contribution in [0, 0.1) is 5.82 Å². The molecule has 0 atom stereocenters. The van der Waals surface area contributed by atoms with Gasteiger partial charge in [-0.25, -0.2) is 4.39 Å². The predicted molar refractivity (Wildman–Crippen MR) is 87.1 cm³/mol. The van der Waals surface area contributed by atoms with Crippen LogP contribution in [-0.2, 0) is 0 Å². The van der Waals surface area contributed by atoms with E-state index in [4.69, 9.17) is 12.2 Å². The molecule has 122 valence electrons. The van der Waals surface area contributed by atoms with Crippen LogP contribution in [0.25, 0.3) is 0 Å². The third-order valence-corrected chi connectivity index (χ3v) is 3.37. The van der Waals surface area contributed by atoms with E-state index in [0.29, 0.717) is 15.8 Å². The molecule has 0 aliphatic carbocycles. The summed E-state index contributed by atoms with van der Waals surface area (Å²) < 4.78 is 53.8. The van der Waals surface area contributed by atoms with Gasteiger partial charge in [0.05, 0.1) is 5.69 Å². The molecule has 0 amide bonds. The number of benzene rings is 2. The SMILES string of the molecule is Fc1ccc(NC(=S)Nc2cccc(OC(F)(F)F)c2)c(Br)c1. The van der Waals surface area contributed by atoms with Gasteiger partial charge in [0.25, 0.3) is 0 Å². The van der Waals surface area contributed by atoms with E-state index in [-0.39, 0.29) is 10.9 Å². The maximum Gasteiger partial charge on any atom is 0.573 e. The van der Waals surface area contributed by atoms with Gasteiger partial charge in [0.15, 0.2) is 5.11 Å². The van der Waals surface area contributed by atoms with Crippen molar-refractivity contribution in [3.8, 4) is 5.75 Å². The Morgan fingerprint density at radius 3 is 2.48 bits per heavy atom. The van der Waals surface area contributed by atoms with Crippen molar-refractivity contribution in [2.45, 2.75) is 6.36 Å². The smallest absolute Gasteiger partial charge is 0.406 e. The number of hydrogen-bond acceptors (Lipinski definition) is 2. The summed E-state index contributed by atoms with van der Waals surface area (Å²) in [6.45, 7) is 0. The number of thiocarbonyl (C=S) groups is 1. The molecule has 0 heterocycles. The van der Waals surface area contributed by atoms with Crippen molar-refractivity contribution in [2.24, 2.45) is 0 Å². The lowest BCUT2D eigenvalue weighted by Gasteiger charge is -2.13. The molecule has 2 N–H and O–H groups in total. The average molecular weight is 409 g/mol. The molecule has 0 aromatic heterocycles. The zero-order chi connectivity index (χ0) is 17.0. The standard InChI is InChI=1S/C14H9BrF4N2OS/c15-11-6-8(16)4-5-12(11)21-13(23)20-9-2-1-3-10(7-9)22-14(17,18)19/h1-7H,(H2,20,21,23). The van der Waals surface area contributed by atoms with Crippen LogP contribution >= 0.6 is 28.1 Å². The summed E-state index contributed by atoms with van der Waals surface area (Å²) >= 11 is 8.23. The Kier molecular flexibility index (Phi) is 5.42. The van der Waals surface area contributed by atoms with Gasteiger partial charge in [0.1, 0.15) is 11.6 Å². The number of nitrogens with one attached hydrogen (secondary N) is 2. The summed E-state index contributed by atoms with van der Waals surface area (Å²) in [5.74, 6) is -0.786. The number of halogens is 5. The van der Waals surface area contributed by atoms with Crippen LogP contribution in [0.4, 0.5) is 28.9 Å². The molecule has 0 saturated carbocycles. The van der Waals surface area contributed by atoms with E-state index in [9.17, 15) is 17.6 Å². The zero-order valence-corrected chi connectivity index (χ0v) is 13.7. The Bertz CT molecular complexity index is 724. The van der Waals surface area contributed by atoms with Crippen molar-refractivity contribution in [2.75, 3.05) is 10.6 Å². The number of alkyl halides is 3. The summed E-state index contributed by atoms with van der Waals surface area (Å²) in [5.41, 5.74) is 0.814. The number of ether oxygens (including phenoxy) is 1. The topological polar surface area (TPSA) is 33.3 Å². The summed E-state index contributed by atoms with van der Waals surface area (Å²) in [7, 11) is 0. The van der Waals surface area contributed by atoms with E-state index >= 15 is 0 Å². The normalized spacial score (nSPS) is 11.0. The Balaban J connectivity index is 2.04. The number of anilines is 2. The second kappa shape index (κ2) is 7.14. The zero-order valence-electron chi connectivity index (χ0n) is 11.2. The van der Waals surface area contributed by atoms with Crippen LogP contribution in [-0.4, -0.2) is 11.5 Å². The van der Waals surface area contributed by atoms with Crippen molar-refractivity contribution in [3.05, 3.63) is 52.8 Å². The van der Waals surface area contributed by atoms with Crippen LogP contribution in [0.3, 0.4) is 0 Å². The van der Waals surface area contributed by atoms with Crippen LogP contribution in [0.2, 0.25) is 0 Å². The summed E-state index contributed by atoms with van der Waals surface area (Å²) in [5, 5.41) is 5.64. The highest BCUT2D eigenvalue weighted by atomic mass is 79.9. The fourth-order valence-corrected chi connectivity index (χ4v) is 2.32. The molecule has 0 aliphatic heterocycles. The van der Waals surface area contributed by atoms with Gasteiger partial charge in [-0.3, -0.25) is 0 Å². The quantitative estimate of drug-likeness (QED) is 0.533. The maximum atomic E-state index is 13.0. The molecule has 3 nitrogen and oxygen atoms in total. The minimum Gasteiger partial charge on any atom is -0.406 e. The monoisotopic (exact) mass is 408 g/mol. The first-order chi connectivity index (χ1) is 10.7. The Labute approximate surface area is 142 Å². The van der Waals surface area contributed by atoms with Gasteiger partial charge in [-0.05, 0) is 58.5 Å². The van der Waals surface area contributed by atoms with Gasteiger partial charge in [-0.1, -0.05) is 6.07 Å². The molecule has 0 fully saturated rings. The molecule has 9 heteroatoms. The minimum absolute atomic E-state index is 0.126.